The lowest BCUT2D eigenvalue weighted by Gasteiger charge is -2.25. The van der Waals surface area contributed by atoms with Gasteiger partial charge in [0.25, 0.3) is 0 Å². The van der Waals surface area contributed by atoms with Gasteiger partial charge in [0.2, 0.25) is 10.0 Å². The fourth-order valence-electron chi connectivity index (χ4n) is 2.18. The number of hydrogen-bond donors (Lipinski definition) is 2. The highest BCUT2D eigenvalue weighted by molar-refractivity contribution is 7.90. The number of sulfonamides is 1. The van der Waals surface area contributed by atoms with E-state index in [0.717, 1.165) is 38.5 Å². The van der Waals surface area contributed by atoms with Crippen LogP contribution in [-0.4, -0.2) is 31.4 Å². The first-order chi connectivity index (χ1) is 7.08. The minimum atomic E-state index is -3.04. The van der Waals surface area contributed by atoms with E-state index in [4.69, 9.17) is 0 Å². The average Bonchev–Trinajstić information content (AvgIpc) is 2.98. The van der Waals surface area contributed by atoms with Crippen LogP contribution in [0.4, 0.5) is 0 Å². The summed E-state index contributed by atoms with van der Waals surface area (Å²) < 4.78 is 25.8. The van der Waals surface area contributed by atoms with Crippen molar-refractivity contribution in [3.63, 3.8) is 0 Å². The Labute approximate surface area is 91.1 Å². The predicted molar refractivity (Wildman–Crippen MR) is 57.9 cm³/mol. The van der Waals surface area contributed by atoms with Gasteiger partial charge in [0.1, 0.15) is 0 Å². The summed E-state index contributed by atoms with van der Waals surface area (Å²) in [7, 11) is -3.04. The molecule has 2 saturated carbocycles. The monoisotopic (exact) mass is 233 g/mol. The highest BCUT2D eigenvalue weighted by Gasteiger charge is 2.35. The van der Waals surface area contributed by atoms with Crippen LogP contribution in [0.1, 0.15) is 38.5 Å². The van der Waals surface area contributed by atoms with Gasteiger partial charge in [-0.2, -0.15) is 0 Å². The summed E-state index contributed by atoms with van der Waals surface area (Å²) >= 11 is 0. The molecule has 2 N–H and O–H groups in total. The van der Waals surface area contributed by atoms with Crippen molar-refractivity contribution >= 4 is 10.0 Å². The first kappa shape index (κ1) is 11.4. The van der Waals surface area contributed by atoms with E-state index in [1.165, 1.54) is 0 Å². The third-order valence-corrected chi connectivity index (χ3v) is 5.21. The molecule has 0 amide bonds. The molecule has 0 saturated heterocycles. The smallest absolute Gasteiger partial charge is 0.214 e. The van der Waals surface area contributed by atoms with Crippen LogP contribution < -0.4 is 4.72 Å². The molecule has 2 aliphatic carbocycles. The van der Waals surface area contributed by atoms with Crippen LogP contribution in [0, 0.1) is 5.92 Å². The molecule has 15 heavy (non-hydrogen) atoms. The molecule has 88 valence electrons. The van der Waals surface area contributed by atoms with Crippen molar-refractivity contribution in [3.05, 3.63) is 0 Å². The molecular weight excluding hydrogens is 214 g/mol. The summed E-state index contributed by atoms with van der Waals surface area (Å²) in [5.41, 5.74) is 0. The largest absolute Gasteiger partial charge is 0.393 e. The minimum Gasteiger partial charge on any atom is -0.393 e. The Hall–Kier alpha value is -0.130. The Morgan fingerprint density at radius 3 is 2.53 bits per heavy atom. The van der Waals surface area contributed by atoms with Gasteiger partial charge in [-0.3, -0.25) is 0 Å². The molecule has 0 aliphatic heterocycles. The summed E-state index contributed by atoms with van der Waals surface area (Å²) in [5.74, 6) is 0.322. The van der Waals surface area contributed by atoms with E-state index in [-0.39, 0.29) is 11.4 Å². The van der Waals surface area contributed by atoms with Crippen molar-refractivity contribution in [3.8, 4) is 0 Å². The van der Waals surface area contributed by atoms with Gasteiger partial charge in [0, 0.05) is 6.54 Å². The van der Waals surface area contributed by atoms with Gasteiger partial charge in [-0.25, -0.2) is 13.1 Å². The van der Waals surface area contributed by atoms with E-state index in [9.17, 15) is 13.5 Å². The molecule has 0 aromatic rings. The second kappa shape index (κ2) is 4.39. The average molecular weight is 233 g/mol. The molecule has 2 atom stereocenters. The zero-order chi connectivity index (χ0) is 10.9. The number of rotatable bonds is 4. The summed E-state index contributed by atoms with van der Waals surface area (Å²) in [6.45, 7) is 0.510. The number of aliphatic hydroxyl groups excluding tert-OH is 1. The van der Waals surface area contributed by atoms with Crippen molar-refractivity contribution in [1.29, 1.82) is 0 Å². The Balaban J connectivity index is 1.77. The van der Waals surface area contributed by atoms with Crippen molar-refractivity contribution in [2.45, 2.75) is 49.9 Å². The maximum Gasteiger partial charge on any atom is 0.214 e. The van der Waals surface area contributed by atoms with Gasteiger partial charge in [-0.05, 0) is 38.0 Å². The standard InChI is InChI=1S/C10H19NO3S/c12-9-3-1-2-8(6-9)7-11-15(13,14)10-4-5-10/h8-12H,1-7H2. The Bertz CT molecular complexity index is 311. The van der Waals surface area contributed by atoms with Crippen LogP contribution in [0.2, 0.25) is 0 Å². The highest BCUT2D eigenvalue weighted by atomic mass is 32.2. The number of hydrogen-bond acceptors (Lipinski definition) is 3. The fraction of sp³-hybridized carbons (Fsp3) is 1.00. The van der Waals surface area contributed by atoms with Crippen LogP contribution in [0.5, 0.6) is 0 Å². The molecule has 2 fully saturated rings. The molecule has 0 radical (unpaired) electrons. The fourth-order valence-corrected chi connectivity index (χ4v) is 3.64. The molecule has 0 aromatic heterocycles. The highest BCUT2D eigenvalue weighted by Crippen LogP contribution is 2.28. The molecular formula is C10H19NO3S. The lowest BCUT2D eigenvalue weighted by atomic mass is 9.87. The van der Waals surface area contributed by atoms with Gasteiger partial charge in [0.05, 0.1) is 11.4 Å². The first-order valence-electron chi connectivity index (χ1n) is 5.74. The van der Waals surface area contributed by atoms with Crippen molar-refractivity contribution in [2.75, 3.05) is 6.54 Å². The van der Waals surface area contributed by atoms with Gasteiger partial charge in [0.15, 0.2) is 0 Å². The van der Waals surface area contributed by atoms with Gasteiger partial charge in [-0.15, -0.1) is 0 Å². The zero-order valence-corrected chi connectivity index (χ0v) is 9.67. The summed E-state index contributed by atoms with van der Waals surface area (Å²) in [5, 5.41) is 9.32. The second-order valence-electron chi connectivity index (χ2n) is 4.78. The van der Waals surface area contributed by atoms with E-state index in [1.807, 2.05) is 0 Å². The van der Waals surface area contributed by atoms with Crippen LogP contribution in [0.3, 0.4) is 0 Å². The van der Waals surface area contributed by atoms with Gasteiger partial charge >= 0.3 is 0 Å². The maximum absolute atomic E-state index is 11.5. The second-order valence-corrected chi connectivity index (χ2v) is 6.82. The molecule has 0 bridgehead atoms. The van der Waals surface area contributed by atoms with Crippen molar-refractivity contribution in [1.82, 2.24) is 4.72 Å². The molecule has 0 spiro atoms. The third kappa shape index (κ3) is 3.16. The molecule has 0 aromatic carbocycles. The maximum atomic E-state index is 11.5. The number of nitrogens with one attached hydrogen (secondary N) is 1. The number of aliphatic hydroxyl groups is 1. The van der Waals surface area contributed by atoms with Crippen LogP contribution in [0.25, 0.3) is 0 Å². The topological polar surface area (TPSA) is 66.4 Å². The van der Waals surface area contributed by atoms with E-state index < -0.39 is 10.0 Å². The van der Waals surface area contributed by atoms with Crippen molar-refractivity contribution in [2.24, 2.45) is 5.92 Å². The molecule has 4 nitrogen and oxygen atoms in total. The van der Waals surface area contributed by atoms with Crippen LogP contribution in [-0.2, 0) is 10.0 Å². The minimum absolute atomic E-state index is 0.133. The molecule has 2 rings (SSSR count). The normalized spacial score (nSPS) is 32.9. The van der Waals surface area contributed by atoms with Gasteiger partial charge in [-0.1, -0.05) is 6.42 Å². The molecule has 2 aliphatic rings. The Kier molecular flexibility index (Phi) is 3.33. The lowest BCUT2D eigenvalue weighted by Crippen LogP contribution is -2.34. The van der Waals surface area contributed by atoms with Crippen molar-refractivity contribution < 1.29 is 13.5 Å². The molecule has 2 unspecified atom stereocenters. The molecule has 5 heteroatoms. The first-order valence-corrected chi connectivity index (χ1v) is 7.29. The Morgan fingerprint density at radius 2 is 1.93 bits per heavy atom. The van der Waals surface area contributed by atoms with E-state index >= 15 is 0 Å². The summed E-state index contributed by atoms with van der Waals surface area (Å²) in [6, 6.07) is 0. The Morgan fingerprint density at radius 1 is 1.20 bits per heavy atom. The van der Waals surface area contributed by atoms with E-state index in [2.05, 4.69) is 4.72 Å². The lowest BCUT2D eigenvalue weighted by molar-refractivity contribution is 0.102. The molecule has 0 heterocycles. The van der Waals surface area contributed by atoms with Crippen LogP contribution in [0.15, 0.2) is 0 Å². The SMILES string of the molecule is O=S(=O)(NCC1CCCC(O)C1)C1CC1. The summed E-state index contributed by atoms with van der Waals surface area (Å²) in [4.78, 5) is 0. The van der Waals surface area contributed by atoms with E-state index in [0.29, 0.717) is 12.5 Å². The quantitative estimate of drug-likeness (QED) is 0.748. The van der Waals surface area contributed by atoms with Crippen LogP contribution >= 0.6 is 0 Å². The van der Waals surface area contributed by atoms with E-state index in [1.54, 1.807) is 0 Å². The third-order valence-electron chi connectivity index (χ3n) is 3.29. The van der Waals surface area contributed by atoms with Gasteiger partial charge < -0.3 is 5.11 Å². The summed E-state index contributed by atoms with van der Waals surface area (Å²) in [6.07, 6.45) is 5.04. The predicted octanol–water partition coefficient (Wildman–Crippen LogP) is 0.619. The zero-order valence-electron chi connectivity index (χ0n) is 8.85.